The summed E-state index contributed by atoms with van der Waals surface area (Å²) in [6, 6.07) is 6.99. The lowest BCUT2D eigenvalue weighted by atomic mass is 10.1. The van der Waals surface area contributed by atoms with E-state index in [1.807, 2.05) is 31.0 Å². The maximum Gasteiger partial charge on any atom is 0.125 e. The molecule has 1 aromatic heterocycles. The van der Waals surface area contributed by atoms with Crippen molar-refractivity contribution in [1.82, 2.24) is 0 Å². The van der Waals surface area contributed by atoms with Gasteiger partial charge in [0.1, 0.15) is 11.6 Å². The number of aryl methyl sites for hydroxylation is 1. The Morgan fingerprint density at radius 1 is 1.32 bits per heavy atom. The molecule has 0 aliphatic heterocycles. The van der Waals surface area contributed by atoms with Crippen molar-refractivity contribution in [2.75, 3.05) is 18.5 Å². The van der Waals surface area contributed by atoms with Gasteiger partial charge in [0, 0.05) is 24.8 Å². The lowest BCUT2D eigenvalue weighted by molar-refractivity contribution is 0.529. The molecule has 102 valence electrons. The molecule has 1 aromatic carbocycles. The first kappa shape index (κ1) is 13.6. The zero-order chi connectivity index (χ0) is 13.8. The van der Waals surface area contributed by atoms with Crippen LogP contribution in [0.15, 0.2) is 34.9 Å². The van der Waals surface area contributed by atoms with Crippen LogP contribution in [-0.2, 0) is 13.0 Å². The molecule has 0 unspecified atom stereocenters. The van der Waals surface area contributed by atoms with Crippen LogP contribution < -0.4 is 10.6 Å². The van der Waals surface area contributed by atoms with Gasteiger partial charge in [-0.05, 0) is 49.7 Å². The predicted octanol–water partition coefficient (Wildman–Crippen LogP) is 2.86. The lowest BCUT2D eigenvalue weighted by Gasteiger charge is -2.20. The number of anilines is 1. The lowest BCUT2D eigenvalue weighted by Crippen LogP contribution is -2.17. The fraction of sp³-hybridized carbons (Fsp3) is 0.333. The molecule has 0 fully saturated rings. The van der Waals surface area contributed by atoms with Crippen molar-refractivity contribution in [3.05, 3.63) is 53.2 Å². The summed E-state index contributed by atoms with van der Waals surface area (Å²) in [7, 11) is 1.94. The SMILES string of the molecule is Cc1occc1CN(C)c1cc(F)cc(CCN)c1. The molecule has 0 bridgehead atoms. The van der Waals surface area contributed by atoms with E-state index in [9.17, 15) is 4.39 Å². The van der Waals surface area contributed by atoms with E-state index in [4.69, 9.17) is 10.2 Å². The highest BCUT2D eigenvalue weighted by molar-refractivity contribution is 5.49. The number of nitrogens with two attached hydrogens (primary N) is 1. The molecule has 3 nitrogen and oxygen atoms in total. The Balaban J connectivity index is 2.18. The van der Waals surface area contributed by atoms with Crippen molar-refractivity contribution in [1.29, 1.82) is 0 Å². The minimum Gasteiger partial charge on any atom is -0.469 e. The van der Waals surface area contributed by atoms with Gasteiger partial charge in [-0.15, -0.1) is 0 Å². The molecule has 19 heavy (non-hydrogen) atoms. The second kappa shape index (κ2) is 5.89. The van der Waals surface area contributed by atoms with Crippen molar-refractivity contribution in [2.45, 2.75) is 19.9 Å². The second-order valence-corrected chi connectivity index (χ2v) is 4.71. The van der Waals surface area contributed by atoms with Crippen LogP contribution in [0.25, 0.3) is 0 Å². The molecule has 2 aromatic rings. The van der Waals surface area contributed by atoms with Gasteiger partial charge in [0.15, 0.2) is 0 Å². The van der Waals surface area contributed by atoms with Gasteiger partial charge < -0.3 is 15.1 Å². The maximum absolute atomic E-state index is 13.6. The Labute approximate surface area is 112 Å². The first-order valence-corrected chi connectivity index (χ1v) is 6.34. The number of furan rings is 1. The minimum atomic E-state index is -0.225. The molecule has 0 spiro atoms. The predicted molar refractivity (Wildman–Crippen MR) is 74.7 cm³/mol. The average Bonchev–Trinajstić information content (AvgIpc) is 2.75. The molecule has 0 saturated heterocycles. The zero-order valence-electron chi connectivity index (χ0n) is 11.3. The van der Waals surface area contributed by atoms with E-state index < -0.39 is 0 Å². The second-order valence-electron chi connectivity index (χ2n) is 4.71. The summed E-state index contributed by atoms with van der Waals surface area (Å²) in [5.74, 6) is 0.669. The normalized spacial score (nSPS) is 10.7. The number of hydrogen-bond donors (Lipinski definition) is 1. The van der Waals surface area contributed by atoms with Crippen LogP contribution in [0.4, 0.5) is 10.1 Å². The van der Waals surface area contributed by atoms with Gasteiger partial charge in [-0.2, -0.15) is 0 Å². The molecule has 0 saturated carbocycles. The van der Waals surface area contributed by atoms with Gasteiger partial charge in [0.05, 0.1) is 6.26 Å². The van der Waals surface area contributed by atoms with Crippen molar-refractivity contribution < 1.29 is 8.81 Å². The monoisotopic (exact) mass is 262 g/mol. The van der Waals surface area contributed by atoms with Crippen molar-refractivity contribution in [2.24, 2.45) is 5.73 Å². The Bertz CT molecular complexity index is 551. The average molecular weight is 262 g/mol. The van der Waals surface area contributed by atoms with Crippen LogP contribution in [0, 0.1) is 12.7 Å². The first-order chi connectivity index (χ1) is 9.10. The molecule has 0 aliphatic rings. The van der Waals surface area contributed by atoms with Crippen LogP contribution in [-0.4, -0.2) is 13.6 Å². The summed E-state index contributed by atoms with van der Waals surface area (Å²) in [5, 5.41) is 0. The zero-order valence-corrected chi connectivity index (χ0v) is 11.3. The van der Waals surface area contributed by atoms with Gasteiger partial charge in [0.25, 0.3) is 0 Å². The Hall–Kier alpha value is -1.81. The summed E-state index contributed by atoms with van der Waals surface area (Å²) in [4.78, 5) is 2.00. The Kier molecular flexibility index (Phi) is 4.22. The van der Waals surface area contributed by atoms with Gasteiger partial charge in [-0.1, -0.05) is 0 Å². The molecule has 1 heterocycles. The van der Waals surface area contributed by atoms with E-state index >= 15 is 0 Å². The molecule has 2 rings (SSSR count). The third-order valence-corrected chi connectivity index (χ3v) is 3.19. The summed E-state index contributed by atoms with van der Waals surface area (Å²) in [6.45, 7) is 3.13. The number of rotatable bonds is 5. The molecule has 4 heteroatoms. The summed E-state index contributed by atoms with van der Waals surface area (Å²) in [5.41, 5.74) is 8.40. The van der Waals surface area contributed by atoms with Crippen LogP contribution in [0.1, 0.15) is 16.9 Å². The molecule has 0 amide bonds. The maximum atomic E-state index is 13.6. The van der Waals surface area contributed by atoms with Gasteiger partial charge >= 0.3 is 0 Å². The minimum absolute atomic E-state index is 0.225. The number of halogens is 1. The van der Waals surface area contributed by atoms with Crippen LogP contribution in [0.5, 0.6) is 0 Å². The highest BCUT2D eigenvalue weighted by atomic mass is 19.1. The summed E-state index contributed by atoms with van der Waals surface area (Å²) < 4.78 is 18.9. The fourth-order valence-electron chi connectivity index (χ4n) is 2.09. The van der Waals surface area contributed by atoms with Crippen molar-refractivity contribution in [3.8, 4) is 0 Å². The van der Waals surface area contributed by atoms with E-state index in [1.54, 1.807) is 6.26 Å². The highest BCUT2D eigenvalue weighted by Crippen LogP contribution is 2.21. The van der Waals surface area contributed by atoms with Crippen molar-refractivity contribution >= 4 is 5.69 Å². The topological polar surface area (TPSA) is 42.4 Å². The first-order valence-electron chi connectivity index (χ1n) is 6.34. The van der Waals surface area contributed by atoms with E-state index in [1.165, 1.54) is 12.1 Å². The Morgan fingerprint density at radius 2 is 2.11 bits per heavy atom. The number of benzene rings is 1. The van der Waals surface area contributed by atoms with Gasteiger partial charge in [0.2, 0.25) is 0 Å². The summed E-state index contributed by atoms with van der Waals surface area (Å²) in [6.07, 6.45) is 2.35. The highest BCUT2D eigenvalue weighted by Gasteiger charge is 2.08. The van der Waals surface area contributed by atoms with Gasteiger partial charge in [-0.3, -0.25) is 0 Å². The summed E-state index contributed by atoms with van der Waals surface area (Å²) >= 11 is 0. The van der Waals surface area contributed by atoms with Gasteiger partial charge in [-0.25, -0.2) is 4.39 Å². The van der Waals surface area contributed by atoms with Crippen LogP contribution >= 0.6 is 0 Å². The molecular formula is C15H19FN2O. The molecule has 0 atom stereocenters. The van der Waals surface area contributed by atoms with E-state index in [0.29, 0.717) is 19.5 Å². The smallest absolute Gasteiger partial charge is 0.125 e. The molecular weight excluding hydrogens is 243 g/mol. The third-order valence-electron chi connectivity index (χ3n) is 3.19. The van der Waals surface area contributed by atoms with E-state index in [0.717, 1.165) is 22.6 Å². The fourth-order valence-corrected chi connectivity index (χ4v) is 2.09. The third kappa shape index (κ3) is 3.35. The standard InChI is InChI=1S/C15H19FN2O/c1-11-13(4-6-19-11)10-18(2)15-8-12(3-5-17)7-14(16)9-15/h4,6-9H,3,5,10,17H2,1-2H3. The molecule has 0 aliphatic carbocycles. The van der Waals surface area contributed by atoms with E-state index in [-0.39, 0.29) is 5.82 Å². The quantitative estimate of drug-likeness (QED) is 0.901. The Morgan fingerprint density at radius 3 is 2.74 bits per heavy atom. The molecule has 2 N–H and O–H groups in total. The van der Waals surface area contributed by atoms with Crippen LogP contribution in [0.2, 0.25) is 0 Å². The number of nitrogens with zero attached hydrogens (tertiary/aromatic N) is 1. The molecule has 0 radical (unpaired) electrons. The van der Waals surface area contributed by atoms with E-state index in [2.05, 4.69) is 0 Å². The van der Waals surface area contributed by atoms with Crippen LogP contribution in [0.3, 0.4) is 0 Å². The van der Waals surface area contributed by atoms with Crippen molar-refractivity contribution in [3.63, 3.8) is 0 Å². The largest absolute Gasteiger partial charge is 0.469 e. The number of hydrogen-bond acceptors (Lipinski definition) is 3.